The number of amides is 1. The van der Waals surface area contributed by atoms with Gasteiger partial charge in [-0.25, -0.2) is 4.79 Å². The van der Waals surface area contributed by atoms with Crippen LogP contribution in [-0.2, 0) is 4.74 Å². The minimum atomic E-state index is -0.411. The first-order valence-corrected chi connectivity index (χ1v) is 6.76. The minimum absolute atomic E-state index is 0.274. The van der Waals surface area contributed by atoms with Crippen molar-refractivity contribution in [3.63, 3.8) is 0 Å². The second-order valence-corrected chi connectivity index (χ2v) is 6.60. The maximum absolute atomic E-state index is 11.7. The Hall–Kier alpha value is -0.730. The van der Waals surface area contributed by atoms with E-state index in [-0.39, 0.29) is 12.1 Å². The third-order valence-electron chi connectivity index (χ3n) is 3.25. The lowest BCUT2D eigenvalue weighted by Gasteiger charge is -2.24. The van der Waals surface area contributed by atoms with Gasteiger partial charge in [0.05, 0.1) is 0 Å². The smallest absolute Gasteiger partial charge is 0.407 e. The zero-order chi connectivity index (χ0) is 13.1. The van der Waals surface area contributed by atoms with Crippen LogP contribution in [0.1, 0.15) is 60.3 Å². The topological polar surface area (TPSA) is 38.3 Å². The van der Waals surface area contributed by atoms with Gasteiger partial charge in [-0.15, -0.1) is 0 Å². The highest BCUT2D eigenvalue weighted by Crippen LogP contribution is 2.27. The number of rotatable bonds is 1. The average Bonchev–Trinajstić information content (AvgIpc) is 2.24. The van der Waals surface area contributed by atoms with Crippen LogP contribution in [0.15, 0.2) is 0 Å². The molecule has 0 aromatic carbocycles. The van der Waals surface area contributed by atoms with Crippen LogP contribution in [0.3, 0.4) is 0 Å². The van der Waals surface area contributed by atoms with Crippen LogP contribution in [0.4, 0.5) is 4.79 Å². The van der Waals surface area contributed by atoms with Crippen LogP contribution in [0.2, 0.25) is 0 Å². The van der Waals surface area contributed by atoms with Gasteiger partial charge >= 0.3 is 6.09 Å². The van der Waals surface area contributed by atoms with E-state index in [0.29, 0.717) is 11.8 Å². The zero-order valence-electron chi connectivity index (χ0n) is 11.9. The van der Waals surface area contributed by atoms with Gasteiger partial charge in [-0.05, 0) is 45.4 Å². The van der Waals surface area contributed by atoms with Crippen LogP contribution in [0.25, 0.3) is 0 Å². The summed E-state index contributed by atoms with van der Waals surface area (Å²) in [5.41, 5.74) is -0.411. The summed E-state index contributed by atoms with van der Waals surface area (Å²) in [4.78, 5) is 11.7. The van der Waals surface area contributed by atoms with Gasteiger partial charge in [0.25, 0.3) is 0 Å². The molecule has 0 heterocycles. The molecule has 17 heavy (non-hydrogen) atoms. The standard InChI is InChI=1S/C14H27NO2/c1-10-6-7-11(2)9-12(8-10)15-13(16)17-14(3,4)5/h10-12H,6-9H2,1-5H3,(H,15,16)/t10-,11+,12?. The van der Waals surface area contributed by atoms with Gasteiger partial charge in [0, 0.05) is 6.04 Å². The van der Waals surface area contributed by atoms with E-state index in [1.807, 2.05) is 20.8 Å². The fraction of sp³-hybridized carbons (Fsp3) is 0.929. The second-order valence-electron chi connectivity index (χ2n) is 6.60. The van der Waals surface area contributed by atoms with Crippen molar-refractivity contribution in [1.82, 2.24) is 5.32 Å². The molecule has 1 aliphatic carbocycles. The second kappa shape index (κ2) is 5.74. The molecule has 1 N–H and O–H groups in total. The van der Waals surface area contributed by atoms with Gasteiger partial charge in [-0.3, -0.25) is 0 Å². The number of hydrogen-bond acceptors (Lipinski definition) is 2. The molecule has 1 amide bonds. The lowest BCUT2D eigenvalue weighted by molar-refractivity contribution is 0.0494. The molecule has 0 saturated heterocycles. The highest BCUT2D eigenvalue weighted by atomic mass is 16.6. The summed E-state index contributed by atoms with van der Waals surface area (Å²) in [7, 11) is 0. The fourth-order valence-electron chi connectivity index (χ4n) is 2.46. The maximum atomic E-state index is 11.7. The molecule has 1 fully saturated rings. The van der Waals surface area contributed by atoms with Crippen LogP contribution in [0, 0.1) is 11.8 Å². The van der Waals surface area contributed by atoms with Crippen LogP contribution in [0.5, 0.6) is 0 Å². The molecule has 0 aromatic heterocycles. The number of hydrogen-bond donors (Lipinski definition) is 1. The van der Waals surface area contributed by atoms with E-state index >= 15 is 0 Å². The SMILES string of the molecule is C[C@@H]1CC[C@H](C)CC(NC(=O)OC(C)(C)C)C1. The van der Waals surface area contributed by atoms with Crippen molar-refractivity contribution >= 4 is 6.09 Å². The molecule has 3 nitrogen and oxygen atoms in total. The molecule has 3 atom stereocenters. The van der Waals surface area contributed by atoms with Gasteiger partial charge in [0.2, 0.25) is 0 Å². The molecule has 0 bridgehead atoms. The molecule has 0 aromatic rings. The molecular formula is C14H27NO2. The van der Waals surface area contributed by atoms with Crippen LogP contribution < -0.4 is 5.32 Å². The lowest BCUT2D eigenvalue weighted by atomic mass is 10.0. The Kier molecular flexibility index (Phi) is 4.84. The monoisotopic (exact) mass is 241 g/mol. The summed E-state index contributed by atoms with van der Waals surface area (Å²) in [5, 5.41) is 3.02. The van der Waals surface area contributed by atoms with Crippen molar-refractivity contribution in [3.8, 4) is 0 Å². The van der Waals surface area contributed by atoms with E-state index in [2.05, 4.69) is 19.2 Å². The summed E-state index contributed by atoms with van der Waals surface area (Å²) in [6.07, 6.45) is 4.41. The van der Waals surface area contributed by atoms with Gasteiger partial charge in [0.15, 0.2) is 0 Å². The Balaban J connectivity index is 2.46. The summed E-state index contributed by atoms with van der Waals surface area (Å²) in [6, 6.07) is 0.275. The summed E-state index contributed by atoms with van der Waals surface area (Å²) >= 11 is 0. The van der Waals surface area contributed by atoms with Crippen molar-refractivity contribution in [3.05, 3.63) is 0 Å². The first-order valence-electron chi connectivity index (χ1n) is 6.76. The molecule has 1 unspecified atom stereocenters. The number of carbonyl (C=O) groups is 1. The largest absolute Gasteiger partial charge is 0.444 e. The average molecular weight is 241 g/mol. The first-order chi connectivity index (χ1) is 7.76. The van der Waals surface area contributed by atoms with Crippen molar-refractivity contribution < 1.29 is 9.53 Å². The number of nitrogens with one attached hydrogen (secondary N) is 1. The van der Waals surface area contributed by atoms with Crippen molar-refractivity contribution in [1.29, 1.82) is 0 Å². The normalized spacial score (nSPS) is 30.5. The summed E-state index contributed by atoms with van der Waals surface area (Å²) < 4.78 is 5.30. The molecule has 0 spiro atoms. The molecular weight excluding hydrogens is 214 g/mol. The van der Waals surface area contributed by atoms with E-state index in [1.54, 1.807) is 0 Å². The Labute approximate surface area is 105 Å². The maximum Gasteiger partial charge on any atom is 0.407 e. The minimum Gasteiger partial charge on any atom is -0.444 e. The van der Waals surface area contributed by atoms with Gasteiger partial charge in [-0.1, -0.05) is 26.7 Å². The summed E-state index contributed by atoms with van der Waals surface area (Å²) in [6.45, 7) is 10.2. The predicted molar refractivity (Wildman–Crippen MR) is 70.0 cm³/mol. The highest BCUT2D eigenvalue weighted by Gasteiger charge is 2.24. The Morgan fingerprint density at radius 2 is 1.59 bits per heavy atom. The van der Waals surface area contributed by atoms with Crippen LogP contribution in [-0.4, -0.2) is 17.7 Å². The lowest BCUT2D eigenvalue weighted by Crippen LogP contribution is -2.40. The molecule has 1 aliphatic rings. The third-order valence-corrected chi connectivity index (χ3v) is 3.25. The highest BCUT2D eigenvalue weighted by molar-refractivity contribution is 5.68. The summed E-state index contributed by atoms with van der Waals surface area (Å²) in [5.74, 6) is 1.39. The molecule has 0 radical (unpaired) electrons. The number of alkyl carbamates (subject to hydrolysis) is 1. The Morgan fingerprint density at radius 1 is 1.12 bits per heavy atom. The number of carbonyl (C=O) groups excluding carboxylic acids is 1. The van der Waals surface area contributed by atoms with Gasteiger partial charge < -0.3 is 10.1 Å². The van der Waals surface area contributed by atoms with Crippen LogP contribution >= 0.6 is 0 Å². The van der Waals surface area contributed by atoms with E-state index in [1.165, 1.54) is 12.8 Å². The molecule has 1 saturated carbocycles. The quantitative estimate of drug-likeness (QED) is 0.710. The molecule has 3 heteroatoms. The van der Waals surface area contributed by atoms with E-state index in [0.717, 1.165) is 12.8 Å². The van der Waals surface area contributed by atoms with Crippen molar-refractivity contribution in [2.24, 2.45) is 11.8 Å². The Morgan fingerprint density at radius 3 is 2.00 bits per heavy atom. The third kappa shape index (κ3) is 5.94. The van der Waals surface area contributed by atoms with E-state index < -0.39 is 5.60 Å². The van der Waals surface area contributed by atoms with Crippen molar-refractivity contribution in [2.75, 3.05) is 0 Å². The van der Waals surface area contributed by atoms with Crippen molar-refractivity contribution in [2.45, 2.75) is 71.9 Å². The molecule has 0 aliphatic heterocycles. The molecule has 1 rings (SSSR count). The number of ether oxygens (including phenoxy) is 1. The molecule has 100 valence electrons. The van der Waals surface area contributed by atoms with E-state index in [9.17, 15) is 4.79 Å². The zero-order valence-corrected chi connectivity index (χ0v) is 11.9. The first kappa shape index (κ1) is 14.3. The fourth-order valence-corrected chi connectivity index (χ4v) is 2.46. The van der Waals surface area contributed by atoms with Gasteiger partial charge in [-0.2, -0.15) is 0 Å². The Bertz CT molecular complexity index is 245. The van der Waals surface area contributed by atoms with E-state index in [4.69, 9.17) is 4.74 Å². The van der Waals surface area contributed by atoms with Gasteiger partial charge in [0.1, 0.15) is 5.60 Å². The predicted octanol–water partition coefficient (Wildman–Crippen LogP) is 3.73.